The van der Waals surface area contributed by atoms with Crippen molar-refractivity contribution in [1.29, 1.82) is 0 Å². The number of phenols is 3. The first-order valence-electron chi connectivity index (χ1n) is 40.6. The predicted molar refractivity (Wildman–Crippen MR) is 471 cm³/mol. The van der Waals surface area contributed by atoms with Crippen LogP contribution in [0.4, 0.5) is 43.8 Å². The quantitative estimate of drug-likeness (QED) is 0.0420. The number of carbonyl (C=O) groups is 3. The Morgan fingerprint density at radius 1 is 0.484 bits per heavy atom. The molecule has 3 aliphatic rings. The summed E-state index contributed by atoms with van der Waals surface area (Å²) in [6.45, 7) is 31.1. The lowest BCUT2D eigenvalue weighted by atomic mass is 10.0. The summed E-state index contributed by atoms with van der Waals surface area (Å²) in [5.41, 5.74) is -0.677. The number of halogens is 9. The van der Waals surface area contributed by atoms with Crippen LogP contribution in [-0.2, 0) is 47.7 Å². The highest BCUT2D eigenvalue weighted by atomic mass is 35.5. The summed E-state index contributed by atoms with van der Waals surface area (Å²) in [6, 6.07) is 14.2. The normalized spacial score (nSPS) is 17.2. The van der Waals surface area contributed by atoms with E-state index in [1.807, 2.05) is 103 Å². The smallest absolute Gasteiger partial charge is 0.319 e. The van der Waals surface area contributed by atoms with Gasteiger partial charge in [-0.2, -0.15) is 29.9 Å². The number of fused-ring (bicyclic) bond motifs is 3. The summed E-state index contributed by atoms with van der Waals surface area (Å²) in [5.74, 6) is -4.55. The minimum Gasteiger partial charge on any atom is -0.507 e. The zero-order valence-corrected chi connectivity index (χ0v) is 73.2. The molecular weight excluding hydrogens is 1700 g/mol. The minimum atomic E-state index is -0.924. The monoisotopic (exact) mass is 1790 g/mol. The number of anilines is 3. The topological polar surface area (TPSA) is 290 Å². The van der Waals surface area contributed by atoms with Crippen LogP contribution < -0.4 is 28.9 Å². The van der Waals surface area contributed by atoms with Gasteiger partial charge in [-0.3, -0.25) is 14.4 Å². The molecule has 0 saturated carbocycles. The van der Waals surface area contributed by atoms with Gasteiger partial charge in [0.1, 0.15) is 80.4 Å². The molecule has 36 heteroatoms. The molecule has 0 spiro atoms. The number of aromatic nitrogens is 12. The van der Waals surface area contributed by atoms with E-state index in [4.69, 9.17) is 49.0 Å². The van der Waals surface area contributed by atoms with Crippen LogP contribution in [0.15, 0.2) is 142 Å². The summed E-state index contributed by atoms with van der Waals surface area (Å²) in [5, 5.41) is 31.7. The third-order valence-electron chi connectivity index (χ3n) is 22.6. The third kappa shape index (κ3) is 18.7. The average Bonchev–Trinajstić information content (AvgIpc) is 0.836. The van der Waals surface area contributed by atoms with Gasteiger partial charge in [-0.15, -0.1) is 0 Å². The molecule has 0 radical (unpaired) electrons. The molecule has 0 unspecified atom stereocenters. The number of aromatic hydroxyl groups is 3. The average molecular weight is 1790 g/mol. The molecule has 15 rings (SSSR count). The molecule has 3 N–H and O–H groups in total. The lowest BCUT2D eigenvalue weighted by Gasteiger charge is -2.44. The molecule has 3 amide bonds. The number of phenolic OH excluding ortho intramolecular Hbond substituents is 3. The van der Waals surface area contributed by atoms with Crippen molar-refractivity contribution in [3.05, 3.63) is 215 Å². The minimum absolute atomic E-state index is 0.0832. The predicted octanol–water partition coefficient (Wildman–Crippen LogP) is 16.1. The number of amides is 3. The molecule has 660 valence electrons. The van der Waals surface area contributed by atoms with Gasteiger partial charge in [-0.25, -0.2) is 41.3 Å². The van der Waals surface area contributed by atoms with E-state index in [9.17, 15) is 42.9 Å². The summed E-state index contributed by atoms with van der Waals surface area (Å²) >= 11 is 19.7. The van der Waals surface area contributed by atoms with Crippen molar-refractivity contribution in [2.75, 3.05) is 73.8 Å². The van der Waals surface area contributed by atoms with Gasteiger partial charge >= 0.3 is 18.0 Å². The van der Waals surface area contributed by atoms with Gasteiger partial charge in [0.2, 0.25) is 17.7 Å². The van der Waals surface area contributed by atoms with Crippen LogP contribution in [0, 0.1) is 41.8 Å². The molecule has 126 heavy (non-hydrogen) atoms. The van der Waals surface area contributed by atoms with Crippen molar-refractivity contribution in [2.45, 2.75) is 124 Å². The first-order chi connectivity index (χ1) is 60.1. The van der Waals surface area contributed by atoms with E-state index in [0.29, 0.717) is 76.0 Å². The Kier molecular flexibility index (Phi) is 27.7. The second-order valence-corrected chi connectivity index (χ2v) is 32.6. The van der Waals surface area contributed by atoms with E-state index in [0.717, 1.165) is 41.2 Å². The molecule has 3 fully saturated rings. The van der Waals surface area contributed by atoms with Crippen LogP contribution in [0.1, 0.15) is 84.5 Å². The Morgan fingerprint density at radius 2 is 0.833 bits per heavy atom. The van der Waals surface area contributed by atoms with Crippen molar-refractivity contribution in [3.8, 4) is 68.7 Å². The Bertz CT molecular complexity index is 6140. The molecule has 3 saturated heterocycles. The maximum Gasteiger partial charge on any atom is 0.319 e. The highest BCUT2D eigenvalue weighted by Crippen LogP contribution is 2.48. The maximum atomic E-state index is 16.4. The molecule has 6 atom stereocenters. The SMILES string of the molecule is C=CC(=O)N1C[C@H](C)N(c2nc(OCCc3cn(C(C)C)cn3)nc3c(F)c(-c4c(O)cccc4F)c(Cl)cc23)C[C@H]1C.C=CC(=O)N1C[C@H](C)N(c2nc(OCCc3ncc(C)n3C)nc3c(F)c(-c4c(O)cccc4F)c(Cl)cc23)C[C@H]1C.C=CC(=O)N1C[C@H](C)N(c2nc(OCCc3nccn3C)nc3c(F)c(-c4c(O)cccc4F)c(Cl)cc23)C[C@H]1C. The molecular formula is C90H93Cl3F6N18O9. The standard InChI is InChI=1S/C31H33ClF2N6O3.C30H31ClF2N6O3.C29H29ClF2N6O3/c1-6-25(42)39-13-19(5)40(14-18(39)4)30-21-12-22(32)26(27-23(33)8-7-9-24(27)41)28(34)29(21)36-31(37-30)43-11-10-20-15-38(16-35-20)17(2)3;1-6-24(41)38-14-18(4)39(15-17(38)3)29-19-12-20(31)25(26-21(32)8-7-9-22(26)40)27(33)28(19)35-30(36-29)42-11-10-23-34-13-16(2)37(23)5;1-5-23(40)37-14-17(3)38(15-16(37)2)28-18-13-19(30)24(25-20(31)7-6-8-21(25)39)26(32)27(18)34-29(35-28)41-12-9-22-33-10-11-36(22)4/h6-9,12,15-19,41H,1,10-11,13-14H2,2-5H3;6-9,12-13,17-18,40H,1,10-11,14-15H2,2-5H3;5-8,10-11,13,16-17,39H,1,9,12,14-15H2,2-4H3/t18-,19+;17-,18+;16-,17+/m111/s1. The van der Waals surface area contributed by atoms with Gasteiger partial charge in [0.15, 0.2) is 17.5 Å². The van der Waals surface area contributed by atoms with E-state index in [1.54, 1.807) is 33.4 Å². The zero-order chi connectivity index (χ0) is 90.7. The Hall–Kier alpha value is -12.8. The number of hydrogen-bond donors (Lipinski definition) is 3. The highest BCUT2D eigenvalue weighted by molar-refractivity contribution is 6.35. The molecule has 3 aliphatic heterocycles. The highest BCUT2D eigenvalue weighted by Gasteiger charge is 2.39. The molecule has 12 aromatic rings. The fourth-order valence-corrected chi connectivity index (χ4v) is 16.6. The molecule has 9 heterocycles. The number of hydrogen-bond acceptors (Lipinski definition) is 21. The summed E-state index contributed by atoms with van der Waals surface area (Å²) in [4.78, 5) is 88.5. The molecule has 27 nitrogen and oxygen atoms in total. The van der Waals surface area contributed by atoms with Crippen LogP contribution in [0.2, 0.25) is 15.1 Å². The van der Waals surface area contributed by atoms with Gasteiger partial charge in [-0.1, -0.05) is 72.7 Å². The number of aryl methyl sites for hydroxylation is 2. The van der Waals surface area contributed by atoms with Gasteiger partial charge in [0.05, 0.1) is 63.6 Å². The molecule has 6 aromatic heterocycles. The number of nitrogens with zero attached hydrogens (tertiary/aromatic N) is 18. The fourth-order valence-electron chi connectivity index (χ4n) is 15.8. The van der Waals surface area contributed by atoms with Gasteiger partial charge in [0, 0.05) is 178 Å². The number of imidazole rings is 3. The molecule has 0 aliphatic carbocycles. The van der Waals surface area contributed by atoms with E-state index in [-0.39, 0.29) is 179 Å². The van der Waals surface area contributed by atoms with Crippen LogP contribution in [0.5, 0.6) is 35.3 Å². The maximum absolute atomic E-state index is 16.4. The number of benzene rings is 6. The second kappa shape index (κ2) is 38.4. The van der Waals surface area contributed by atoms with Crippen molar-refractivity contribution >= 4 is 103 Å². The first-order valence-corrected chi connectivity index (χ1v) is 41.7. The van der Waals surface area contributed by atoms with Crippen LogP contribution in [0.25, 0.3) is 66.1 Å². The lowest BCUT2D eigenvalue weighted by Crippen LogP contribution is -2.58. The number of ether oxygens (including phenoxy) is 3. The lowest BCUT2D eigenvalue weighted by molar-refractivity contribution is -0.129. The van der Waals surface area contributed by atoms with Crippen LogP contribution in [0.3, 0.4) is 0 Å². The summed E-state index contributed by atoms with van der Waals surface area (Å²) < 4.78 is 117. The largest absolute Gasteiger partial charge is 0.507 e. The second-order valence-electron chi connectivity index (χ2n) is 31.4. The fraction of sp³-hybridized carbons (Fsp3) is 0.333. The number of piperazine rings is 3. The molecule has 0 bridgehead atoms. The van der Waals surface area contributed by atoms with Gasteiger partial charge < -0.3 is 72.6 Å². The first kappa shape index (κ1) is 91.0. The Morgan fingerprint density at radius 3 is 1.13 bits per heavy atom. The van der Waals surface area contributed by atoms with E-state index in [2.05, 4.69) is 78.4 Å². The van der Waals surface area contributed by atoms with Gasteiger partial charge in [-0.05, 0) is 135 Å². The van der Waals surface area contributed by atoms with Crippen molar-refractivity contribution in [2.24, 2.45) is 14.1 Å². The number of carbonyl (C=O) groups excluding carboxylic acids is 3. The van der Waals surface area contributed by atoms with Crippen molar-refractivity contribution in [3.63, 3.8) is 0 Å². The van der Waals surface area contributed by atoms with Crippen LogP contribution >= 0.6 is 34.8 Å². The van der Waals surface area contributed by atoms with Crippen LogP contribution in [-0.4, -0.2) is 202 Å². The number of rotatable bonds is 22. The Labute approximate surface area is 737 Å². The Balaban J connectivity index is 0.000000162. The van der Waals surface area contributed by atoms with Gasteiger partial charge in [0.25, 0.3) is 0 Å². The zero-order valence-electron chi connectivity index (χ0n) is 70.9. The van der Waals surface area contributed by atoms with Crippen molar-refractivity contribution < 1.29 is 70.3 Å². The van der Waals surface area contributed by atoms with E-state index >= 15 is 13.2 Å². The summed E-state index contributed by atoms with van der Waals surface area (Å²) in [7, 11) is 3.77. The van der Waals surface area contributed by atoms with E-state index in [1.165, 1.54) is 72.8 Å². The molecule has 6 aromatic carbocycles. The third-order valence-corrected chi connectivity index (χ3v) is 23.5. The summed E-state index contributed by atoms with van der Waals surface area (Å²) in [6.07, 6.45) is 14.2. The van der Waals surface area contributed by atoms with E-state index < -0.39 is 52.2 Å². The van der Waals surface area contributed by atoms with Crippen molar-refractivity contribution in [1.82, 2.24) is 73.3 Å².